The van der Waals surface area contributed by atoms with Gasteiger partial charge >= 0.3 is 0 Å². The molecule has 0 spiro atoms. The molecule has 88 valence electrons. The van der Waals surface area contributed by atoms with Crippen molar-refractivity contribution in [1.29, 1.82) is 5.26 Å². The molecule has 1 aromatic rings. The summed E-state index contributed by atoms with van der Waals surface area (Å²) in [6.45, 7) is 0.695. The number of anilines is 1. The highest BCUT2D eigenvalue weighted by atomic mass is 16.2. The molecule has 17 heavy (non-hydrogen) atoms. The molecule has 1 aliphatic heterocycles. The molecule has 1 amide bonds. The first-order chi connectivity index (χ1) is 8.19. The van der Waals surface area contributed by atoms with E-state index in [-0.39, 0.29) is 11.9 Å². The molecule has 1 fully saturated rings. The molecular formula is C12H14N4O. The van der Waals surface area contributed by atoms with Gasteiger partial charge in [0.1, 0.15) is 11.9 Å². The Balaban J connectivity index is 1.97. The third-order valence-electron chi connectivity index (χ3n) is 2.87. The first-order valence-electron chi connectivity index (χ1n) is 5.55. The van der Waals surface area contributed by atoms with Gasteiger partial charge < -0.3 is 10.2 Å². The van der Waals surface area contributed by atoms with E-state index in [0.29, 0.717) is 18.5 Å². The largest absolute Gasteiger partial charge is 0.366 e. The lowest BCUT2D eigenvalue weighted by Crippen LogP contribution is -2.43. The SMILES string of the molecule is CN1CC(Nc2ccc(C#N)cn2)CCC1=O. The van der Waals surface area contributed by atoms with Crippen LogP contribution in [0.3, 0.4) is 0 Å². The molecule has 1 unspecified atom stereocenters. The van der Waals surface area contributed by atoms with Gasteiger partial charge in [-0.1, -0.05) is 0 Å². The number of pyridine rings is 1. The summed E-state index contributed by atoms with van der Waals surface area (Å²) >= 11 is 0. The second kappa shape index (κ2) is 4.83. The van der Waals surface area contributed by atoms with E-state index in [1.165, 1.54) is 0 Å². The van der Waals surface area contributed by atoms with Crippen LogP contribution in [-0.4, -0.2) is 35.4 Å². The highest BCUT2D eigenvalue weighted by Crippen LogP contribution is 2.14. The fourth-order valence-electron chi connectivity index (χ4n) is 1.88. The van der Waals surface area contributed by atoms with Crippen molar-refractivity contribution < 1.29 is 4.79 Å². The van der Waals surface area contributed by atoms with E-state index in [1.807, 2.05) is 13.1 Å². The van der Waals surface area contributed by atoms with Crippen LogP contribution in [0.2, 0.25) is 0 Å². The second-order valence-corrected chi connectivity index (χ2v) is 4.20. The van der Waals surface area contributed by atoms with Crippen LogP contribution in [0.15, 0.2) is 18.3 Å². The zero-order chi connectivity index (χ0) is 12.3. The molecule has 1 aromatic heterocycles. The number of likely N-dealkylation sites (N-methyl/N-ethyl adjacent to an activating group) is 1. The van der Waals surface area contributed by atoms with Gasteiger partial charge in [-0.2, -0.15) is 5.26 Å². The lowest BCUT2D eigenvalue weighted by molar-refractivity contribution is -0.132. The molecule has 0 radical (unpaired) electrons. The fourth-order valence-corrected chi connectivity index (χ4v) is 1.88. The number of hydrogen-bond donors (Lipinski definition) is 1. The van der Waals surface area contributed by atoms with Crippen molar-refractivity contribution in [3.8, 4) is 6.07 Å². The van der Waals surface area contributed by atoms with Crippen LogP contribution in [0.4, 0.5) is 5.82 Å². The smallest absolute Gasteiger partial charge is 0.222 e. The van der Waals surface area contributed by atoms with Gasteiger partial charge in [-0.25, -0.2) is 4.98 Å². The van der Waals surface area contributed by atoms with Gasteiger partial charge in [-0.05, 0) is 18.6 Å². The predicted octanol–water partition coefficient (Wildman–Crippen LogP) is 0.986. The van der Waals surface area contributed by atoms with Crippen LogP contribution in [0.5, 0.6) is 0 Å². The number of amides is 1. The van der Waals surface area contributed by atoms with Crippen LogP contribution in [-0.2, 0) is 4.79 Å². The summed E-state index contributed by atoms with van der Waals surface area (Å²) in [6, 6.07) is 5.78. The lowest BCUT2D eigenvalue weighted by atomic mass is 10.1. The van der Waals surface area contributed by atoms with Crippen LogP contribution in [0.25, 0.3) is 0 Å². The third-order valence-corrected chi connectivity index (χ3v) is 2.87. The highest BCUT2D eigenvalue weighted by Gasteiger charge is 2.22. The lowest BCUT2D eigenvalue weighted by Gasteiger charge is -2.30. The van der Waals surface area contributed by atoms with Gasteiger partial charge in [0.2, 0.25) is 5.91 Å². The molecule has 0 aromatic carbocycles. The van der Waals surface area contributed by atoms with Crippen LogP contribution in [0, 0.1) is 11.3 Å². The Hall–Kier alpha value is -2.09. The molecule has 1 saturated heterocycles. The quantitative estimate of drug-likeness (QED) is 0.822. The second-order valence-electron chi connectivity index (χ2n) is 4.20. The predicted molar refractivity (Wildman–Crippen MR) is 63.2 cm³/mol. The van der Waals surface area contributed by atoms with Gasteiger partial charge in [0.15, 0.2) is 0 Å². The summed E-state index contributed by atoms with van der Waals surface area (Å²) in [4.78, 5) is 17.2. The maximum Gasteiger partial charge on any atom is 0.222 e. The maximum absolute atomic E-state index is 11.3. The van der Waals surface area contributed by atoms with Crippen molar-refractivity contribution in [2.24, 2.45) is 0 Å². The van der Waals surface area contributed by atoms with E-state index in [9.17, 15) is 4.79 Å². The molecule has 5 heteroatoms. The number of likely N-dealkylation sites (tertiary alicyclic amines) is 1. The molecule has 0 aliphatic carbocycles. The Morgan fingerprint density at radius 2 is 2.41 bits per heavy atom. The topological polar surface area (TPSA) is 69.0 Å². The number of rotatable bonds is 2. The van der Waals surface area contributed by atoms with Gasteiger partial charge in [-0.15, -0.1) is 0 Å². The standard InChI is InChI=1S/C12H14N4O/c1-16-8-10(3-5-12(16)17)15-11-4-2-9(6-13)7-14-11/h2,4,7,10H,3,5,8H2,1H3,(H,14,15). The number of piperidine rings is 1. The number of carbonyl (C=O) groups excluding carboxylic acids is 1. The molecule has 1 atom stereocenters. The number of nitrogens with one attached hydrogen (secondary N) is 1. The number of hydrogen-bond acceptors (Lipinski definition) is 4. The van der Waals surface area contributed by atoms with Gasteiger partial charge in [0, 0.05) is 32.3 Å². The molecular weight excluding hydrogens is 216 g/mol. The Morgan fingerprint density at radius 3 is 3.00 bits per heavy atom. The van der Waals surface area contributed by atoms with Crippen molar-refractivity contribution in [2.45, 2.75) is 18.9 Å². The van der Waals surface area contributed by atoms with Crippen LogP contribution < -0.4 is 5.32 Å². The molecule has 1 N–H and O–H groups in total. The minimum atomic E-state index is 0.191. The molecule has 2 rings (SSSR count). The fraction of sp³-hybridized carbons (Fsp3) is 0.417. The number of aromatic nitrogens is 1. The van der Waals surface area contributed by atoms with Crippen molar-refractivity contribution in [3.63, 3.8) is 0 Å². The van der Waals surface area contributed by atoms with E-state index in [0.717, 1.165) is 12.2 Å². The normalized spacial score (nSPS) is 19.9. The molecule has 2 heterocycles. The Bertz CT molecular complexity index is 449. The summed E-state index contributed by atoms with van der Waals surface area (Å²) in [5, 5.41) is 11.9. The number of nitriles is 1. The molecule has 5 nitrogen and oxygen atoms in total. The average Bonchev–Trinajstić information content (AvgIpc) is 2.35. The van der Waals surface area contributed by atoms with Gasteiger partial charge in [0.25, 0.3) is 0 Å². The number of carbonyl (C=O) groups is 1. The summed E-state index contributed by atoms with van der Waals surface area (Å²) in [5.41, 5.74) is 0.548. The van der Waals surface area contributed by atoms with Crippen molar-refractivity contribution in [2.75, 3.05) is 18.9 Å². The van der Waals surface area contributed by atoms with Crippen molar-refractivity contribution >= 4 is 11.7 Å². The monoisotopic (exact) mass is 230 g/mol. The first-order valence-corrected chi connectivity index (χ1v) is 5.55. The Kier molecular flexibility index (Phi) is 3.24. The Morgan fingerprint density at radius 1 is 1.59 bits per heavy atom. The van der Waals surface area contributed by atoms with Gasteiger partial charge in [-0.3, -0.25) is 4.79 Å². The third kappa shape index (κ3) is 2.72. The van der Waals surface area contributed by atoms with Crippen molar-refractivity contribution in [1.82, 2.24) is 9.88 Å². The minimum Gasteiger partial charge on any atom is -0.366 e. The zero-order valence-electron chi connectivity index (χ0n) is 9.68. The van der Waals surface area contributed by atoms with E-state index in [2.05, 4.69) is 10.3 Å². The summed E-state index contributed by atoms with van der Waals surface area (Å²) in [7, 11) is 1.81. The van der Waals surface area contributed by atoms with E-state index < -0.39 is 0 Å². The van der Waals surface area contributed by atoms with Crippen molar-refractivity contribution in [3.05, 3.63) is 23.9 Å². The average molecular weight is 230 g/mol. The van der Waals surface area contributed by atoms with Gasteiger partial charge in [0.05, 0.1) is 5.56 Å². The Labute approximate surface area is 100 Å². The maximum atomic E-state index is 11.3. The van der Waals surface area contributed by atoms with E-state index in [1.54, 1.807) is 23.2 Å². The molecule has 0 saturated carbocycles. The first kappa shape index (κ1) is 11.4. The van der Waals surface area contributed by atoms with E-state index in [4.69, 9.17) is 5.26 Å². The summed E-state index contributed by atoms with van der Waals surface area (Å²) in [6.07, 6.45) is 2.94. The zero-order valence-corrected chi connectivity index (χ0v) is 9.68. The summed E-state index contributed by atoms with van der Waals surface area (Å²) < 4.78 is 0. The number of nitrogens with zero attached hydrogens (tertiary/aromatic N) is 3. The molecule has 1 aliphatic rings. The highest BCUT2D eigenvalue weighted by molar-refractivity contribution is 5.77. The summed E-state index contributed by atoms with van der Waals surface area (Å²) in [5.74, 6) is 0.938. The molecule has 0 bridgehead atoms. The van der Waals surface area contributed by atoms with Crippen LogP contribution >= 0.6 is 0 Å². The van der Waals surface area contributed by atoms with Crippen LogP contribution in [0.1, 0.15) is 18.4 Å². The van der Waals surface area contributed by atoms with E-state index >= 15 is 0 Å². The minimum absolute atomic E-state index is 0.191.